The number of aryl methyl sites for hydroxylation is 3. The molecule has 1 aliphatic heterocycles. The number of aliphatic carboxylic acids is 1. The highest BCUT2D eigenvalue weighted by Crippen LogP contribution is 2.28. The van der Waals surface area contributed by atoms with E-state index in [0.717, 1.165) is 33.2 Å². The molecule has 1 saturated heterocycles. The number of ether oxygens (including phenoxy) is 1. The number of nitrogens with one attached hydrogen (secondary N) is 4. The van der Waals surface area contributed by atoms with E-state index >= 15 is 0 Å². The minimum absolute atomic E-state index is 0.267. The number of methoxy groups -OCH3 is 1. The molecule has 0 atom stereocenters. The lowest BCUT2D eigenvalue weighted by molar-refractivity contribution is -0.192. The Morgan fingerprint density at radius 1 is 0.907 bits per heavy atom. The molecule has 0 saturated carbocycles. The maximum Gasteiger partial charge on any atom is 0.490 e. The van der Waals surface area contributed by atoms with Crippen molar-refractivity contribution >= 4 is 46.0 Å². The largest absolute Gasteiger partial charge is 0.490 e. The summed E-state index contributed by atoms with van der Waals surface area (Å²) in [5.74, 6) is -3.69. The monoisotopic (exact) mass is 602 g/mol. The molecule has 3 aromatic rings. The predicted molar refractivity (Wildman–Crippen MR) is 155 cm³/mol. The molecule has 0 bridgehead atoms. The van der Waals surface area contributed by atoms with Crippen molar-refractivity contribution < 1.29 is 42.2 Å². The molecule has 43 heavy (non-hydrogen) atoms. The number of hydrogen-bond donors (Lipinski definition) is 5. The summed E-state index contributed by atoms with van der Waals surface area (Å²) in [5.41, 5.74) is 3.22. The van der Waals surface area contributed by atoms with Crippen molar-refractivity contribution in [3.63, 3.8) is 0 Å². The summed E-state index contributed by atoms with van der Waals surface area (Å²) < 4.78 is 36.8. The van der Waals surface area contributed by atoms with E-state index in [9.17, 15) is 27.6 Å². The molecule has 5 N–H and O–H groups in total. The molecule has 3 amide bonds. The van der Waals surface area contributed by atoms with Crippen LogP contribution in [0.1, 0.15) is 39.9 Å². The molecule has 0 unspecified atom stereocenters. The van der Waals surface area contributed by atoms with E-state index in [1.807, 2.05) is 57.2 Å². The van der Waals surface area contributed by atoms with Gasteiger partial charge in [0.1, 0.15) is 5.54 Å². The Bertz CT molecular complexity index is 1510. The summed E-state index contributed by atoms with van der Waals surface area (Å²) in [6.07, 6.45) is -4.26. The number of carbonyl (C=O) groups excluding carboxylic acids is 3. The summed E-state index contributed by atoms with van der Waals surface area (Å²) in [6, 6.07) is 14.6. The van der Waals surface area contributed by atoms with Gasteiger partial charge in [-0.2, -0.15) is 13.2 Å². The van der Waals surface area contributed by atoms with Crippen molar-refractivity contribution in [2.45, 2.75) is 45.3 Å². The number of piperidine rings is 1. The van der Waals surface area contributed by atoms with E-state index in [-0.39, 0.29) is 5.56 Å². The molecule has 0 radical (unpaired) electrons. The van der Waals surface area contributed by atoms with Gasteiger partial charge in [0.2, 0.25) is 0 Å². The topological polar surface area (TPSA) is 146 Å². The fourth-order valence-electron chi connectivity index (χ4n) is 4.89. The van der Waals surface area contributed by atoms with Crippen LogP contribution in [0.5, 0.6) is 0 Å². The third kappa shape index (κ3) is 8.22. The van der Waals surface area contributed by atoms with E-state index in [0.29, 0.717) is 31.6 Å². The summed E-state index contributed by atoms with van der Waals surface area (Å²) >= 11 is 0. The van der Waals surface area contributed by atoms with Crippen molar-refractivity contribution in [2.75, 3.05) is 30.8 Å². The van der Waals surface area contributed by atoms with Gasteiger partial charge in [-0.15, -0.1) is 0 Å². The number of carbonyl (C=O) groups is 4. The van der Waals surface area contributed by atoms with E-state index < -0.39 is 35.6 Å². The number of anilines is 2. The Kier molecular flexibility index (Phi) is 10.4. The normalized spacial score (nSPS) is 14.1. The van der Waals surface area contributed by atoms with Gasteiger partial charge < -0.3 is 31.1 Å². The first-order valence-corrected chi connectivity index (χ1v) is 13.3. The number of benzene rings is 3. The van der Waals surface area contributed by atoms with Crippen LogP contribution in [0.15, 0.2) is 48.5 Å². The van der Waals surface area contributed by atoms with E-state index in [2.05, 4.69) is 21.3 Å². The molecule has 4 rings (SSSR count). The predicted octanol–water partition coefficient (Wildman–Crippen LogP) is 5.07. The summed E-state index contributed by atoms with van der Waals surface area (Å²) in [4.78, 5) is 48.2. The van der Waals surface area contributed by atoms with E-state index in [1.165, 1.54) is 7.11 Å². The van der Waals surface area contributed by atoms with Crippen LogP contribution in [-0.4, -0.2) is 60.9 Å². The number of urea groups is 1. The highest BCUT2D eigenvalue weighted by atomic mass is 19.4. The number of hydrogen-bond acceptors (Lipinski definition) is 6. The second-order valence-corrected chi connectivity index (χ2v) is 10.2. The Morgan fingerprint density at radius 2 is 1.44 bits per heavy atom. The zero-order valence-electron chi connectivity index (χ0n) is 24.1. The SMILES string of the molecule is COC(=O)C1(NC(=O)c2cc3ccccc3cc2NC(=O)Nc2c(C)cc(C)cc2C)CCNCC1.O=C(O)C(F)(F)F. The standard InChI is InChI=1S/C28H32N4O4.C2HF3O2/c1-17-13-18(2)24(19(3)14-17)31-27(35)30-23-16-21-8-6-5-7-20(21)15-22(23)25(33)32-28(26(34)36-4)9-11-29-12-10-28;3-2(4,5)1(6)7/h5-8,13-16,29H,9-12H2,1-4H3,(H,32,33)(H2,30,31,35);(H,6,7). The fraction of sp³-hybridized carbons (Fsp3) is 0.333. The highest BCUT2D eigenvalue weighted by Gasteiger charge is 2.42. The first-order valence-electron chi connectivity index (χ1n) is 13.3. The van der Waals surface area contributed by atoms with Crippen molar-refractivity contribution in [3.05, 3.63) is 70.8 Å². The number of fused-ring (bicyclic) bond motifs is 1. The lowest BCUT2D eigenvalue weighted by Crippen LogP contribution is -2.60. The smallest absolute Gasteiger partial charge is 0.475 e. The summed E-state index contributed by atoms with van der Waals surface area (Å²) in [7, 11) is 1.32. The van der Waals surface area contributed by atoms with Gasteiger partial charge in [-0.25, -0.2) is 14.4 Å². The minimum Gasteiger partial charge on any atom is -0.475 e. The Balaban J connectivity index is 0.000000646. The number of amides is 3. The van der Waals surface area contributed by atoms with Crippen molar-refractivity contribution in [2.24, 2.45) is 0 Å². The van der Waals surface area contributed by atoms with Crippen LogP contribution in [0.4, 0.5) is 29.3 Å². The van der Waals surface area contributed by atoms with Gasteiger partial charge >= 0.3 is 24.1 Å². The maximum atomic E-state index is 13.6. The van der Waals surface area contributed by atoms with Crippen LogP contribution >= 0.6 is 0 Å². The van der Waals surface area contributed by atoms with Crippen LogP contribution in [0.25, 0.3) is 10.8 Å². The molecule has 1 aliphatic rings. The Morgan fingerprint density at radius 3 is 1.95 bits per heavy atom. The number of alkyl halides is 3. The Labute approximate surface area is 246 Å². The van der Waals surface area contributed by atoms with Gasteiger partial charge in [0, 0.05) is 5.69 Å². The summed E-state index contributed by atoms with van der Waals surface area (Å²) in [6.45, 7) is 7.05. The number of halogens is 3. The van der Waals surface area contributed by atoms with Gasteiger partial charge in [0.15, 0.2) is 0 Å². The third-order valence-corrected chi connectivity index (χ3v) is 6.92. The molecule has 1 fully saturated rings. The molecular weight excluding hydrogens is 569 g/mol. The van der Waals surface area contributed by atoms with Gasteiger partial charge in [-0.05, 0) is 80.7 Å². The van der Waals surface area contributed by atoms with Gasteiger partial charge in [0.25, 0.3) is 5.91 Å². The lowest BCUT2D eigenvalue weighted by Gasteiger charge is -2.35. The first kappa shape index (κ1) is 32.9. The second-order valence-electron chi connectivity index (χ2n) is 10.2. The number of esters is 1. The lowest BCUT2D eigenvalue weighted by atomic mass is 9.87. The zero-order chi connectivity index (χ0) is 31.9. The van der Waals surface area contributed by atoms with Gasteiger partial charge in [0.05, 0.1) is 18.4 Å². The molecule has 0 aromatic heterocycles. The third-order valence-electron chi connectivity index (χ3n) is 6.92. The average molecular weight is 603 g/mol. The molecule has 13 heteroatoms. The van der Waals surface area contributed by atoms with Crippen molar-refractivity contribution in [3.8, 4) is 0 Å². The highest BCUT2D eigenvalue weighted by molar-refractivity contribution is 6.10. The van der Waals surface area contributed by atoms with Crippen LogP contribution in [0.3, 0.4) is 0 Å². The van der Waals surface area contributed by atoms with Crippen LogP contribution in [0, 0.1) is 20.8 Å². The molecule has 0 spiro atoms. The number of carboxylic acid groups (broad SMARTS) is 1. The van der Waals surface area contributed by atoms with Gasteiger partial charge in [-0.1, -0.05) is 42.0 Å². The Hall–Kier alpha value is -4.65. The average Bonchev–Trinajstić information content (AvgIpc) is 2.94. The van der Waals surface area contributed by atoms with Crippen LogP contribution in [-0.2, 0) is 14.3 Å². The van der Waals surface area contributed by atoms with Crippen molar-refractivity contribution in [1.29, 1.82) is 0 Å². The molecular formula is C30H33F3N4O6. The second kappa shape index (κ2) is 13.6. The molecule has 1 heterocycles. The summed E-state index contributed by atoms with van der Waals surface area (Å²) in [5, 5.41) is 20.7. The number of rotatable bonds is 5. The molecule has 0 aliphatic carbocycles. The molecule has 230 valence electrons. The van der Waals surface area contributed by atoms with Crippen LogP contribution < -0.4 is 21.3 Å². The number of carboxylic acids is 1. The zero-order valence-corrected chi connectivity index (χ0v) is 24.1. The molecule has 10 nitrogen and oxygen atoms in total. The van der Waals surface area contributed by atoms with Gasteiger partial charge in [-0.3, -0.25) is 4.79 Å². The maximum absolute atomic E-state index is 13.6. The van der Waals surface area contributed by atoms with E-state index in [4.69, 9.17) is 14.6 Å². The van der Waals surface area contributed by atoms with Crippen molar-refractivity contribution in [1.82, 2.24) is 10.6 Å². The fourth-order valence-corrected chi connectivity index (χ4v) is 4.89. The minimum atomic E-state index is -5.08. The quantitative estimate of drug-likeness (QED) is 0.257. The van der Waals surface area contributed by atoms with E-state index in [1.54, 1.807) is 12.1 Å². The van der Waals surface area contributed by atoms with Crippen LogP contribution in [0.2, 0.25) is 0 Å². The molecule has 3 aromatic carbocycles. The first-order chi connectivity index (χ1) is 20.2.